The highest BCUT2D eigenvalue weighted by atomic mass is 16.5. The van der Waals surface area contributed by atoms with E-state index in [4.69, 9.17) is 9.72 Å². The fraction of sp³-hybridized carbons (Fsp3) is 0.345. The Kier molecular flexibility index (Phi) is 8.14. The number of hydrogen-bond acceptors (Lipinski definition) is 5. The van der Waals surface area contributed by atoms with Crippen LogP contribution in [0.15, 0.2) is 73.3 Å². The molecule has 4 rings (SSSR count). The summed E-state index contributed by atoms with van der Waals surface area (Å²) in [4.78, 5) is 25.4. The molecule has 0 saturated heterocycles. The van der Waals surface area contributed by atoms with Gasteiger partial charge in [-0.15, -0.1) is 6.58 Å². The predicted octanol–water partition coefficient (Wildman–Crippen LogP) is 5.64. The quantitative estimate of drug-likeness (QED) is 0.410. The number of rotatable bonds is 9. The molecule has 3 aromatic rings. The van der Waals surface area contributed by atoms with Gasteiger partial charge in [-0.3, -0.25) is 4.79 Å². The highest BCUT2D eigenvalue weighted by Gasteiger charge is 2.31. The predicted molar refractivity (Wildman–Crippen MR) is 140 cm³/mol. The second-order valence-electron chi connectivity index (χ2n) is 9.02. The normalized spacial score (nSPS) is 14.7. The number of carbonyl (C=O) groups excluding carboxylic acids is 1. The molecule has 182 valence electrons. The zero-order valence-electron chi connectivity index (χ0n) is 20.6. The first-order valence-electron chi connectivity index (χ1n) is 12.3. The molecule has 1 aliphatic rings. The second-order valence-corrected chi connectivity index (χ2v) is 9.02. The number of carbonyl (C=O) groups is 1. The molecule has 1 aliphatic carbocycles. The van der Waals surface area contributed by atoms with Crippen LogP contribution in [0.1, 0.15) is 49.4 Å². The Morgan fingerprint density at radius 3 is 2.49 bits per heavy atom. The van der Waals surface area contributed by atoms with E-state index in [-0.39, 0.29) is 11.9 Å². The Labute approximate surface area is 208 Å². The summed E-state index contributed by atoms with van der Waals surface area (Å²) in [6.07, 6.45) is 7.39. The van der Waals surface area contributed by atoms with Crippen molar-refractivity contribution in [1.29, 1.82) is 0 Å². The van der Waals surface area contributed by atoms with Crippen LogP contribution in [0.4, 0.5) is 5.82 Å². The molecule has 6 nitrogen and oxygen atoms in total. The van der Waals surface area contributed by atoms with Gasteiger partial charge in [0.15, 0.2) is 5.82 Å². The van der Waals surface area contributed by atoms with Gasteiger partial charge < -0.3 is 15.0 Å². The molecule has 2 aromatic carbocycles. The fourth-order valence-corrected chi connectivity index (χ4v) is 4.67. The van der Waals surface area contributed by atoms with Gasteiger partial charge >= 0.3 is 0 Å². The van der Waals surface area contributed by atoms with Crippen LogP contribution in [-0.4, -0.2) is 35.6 Å². The Balaban J connectivity index is 1.75. The molecule has 1 N–H and O–H groups in total. The van der Waals surface area contributed by atoms with Crippen molar-refractivity contribution in [2.45, 2.75) is 51.1 Å². The summed E-state index contributed by atoms with van der Waals surface area (Å²) in [6, 6.07) is 19.2. The third-order valence-electron chi connectivity index (χ3n) is 6.44. The minimum absolute atomic E-state index is 0.0264. The summed E-state index contributed by atoms with van der Waals surface area (Å²) in [5.41, 5.74) is 2.64. The lowest BCUT2D eigenvalue weighted by Gasteiger charge is -2.33. The average Bonchev–Trinajstić information content (AvgIpc) is 2.89. The minimum Gasteiger partial charge on any atom is -0.497 e. The average molecular weight is 471 g/mol. The lowest BCUT2D eigenvalue weighted by atomic mass is 9.94. The van der Waals surface area contributed by atoms with Gasteiger partial charge in [0, 0.05) is 29.9 Å². The van der Waals surface area contributed by atoms with E-state index in [1.54, 1.807) is 7.11 Å². The highest BCUT2D eigenvalue weighted by molar-refractivity contribution is 5.87. The number of nitrogens with zero attached hydrogens (tertiary/aromatic N) is 3. The Morgan fingerprint density at radius 2 is 1.83 bits per heavy atom. The van der Waals surface area contributed by atoms with Gasteiger partial charge in [-0.05, 0) is 37.5 Å². The zero-order chi connectivity index (χ0) is 24.6. The molecular weight excluding hydrogens is 436 g/mol. The van der Waals surface area contributed by atoms with Crippen LogP contribution >= 0.6 is 0 Å². The molecule has 1 heterocycles. The van der Waals surface area contributed by atoms with Crippen LogP contribution in [0.3, 0.4) is 0 Å². The summed E-state index contributed by atoms with van der Waals surface area (Å²) in [6.45, 7) is 6.38. The first-order chi connectivity index (χ1) is 17.1. The highest BCUT2D eigenvalue weighted by Crippen LogP contribution is 2.30. The van der Waals surface area contributed by atoms with E-state index in [0.29, 0.717) is 18.2 Å². The number of benzene rings is 2. The van der Waals surface area contributed by atoms with Crippen molar-refractivity contribution in [1.82, 2.24) is 15.3 Å². The minimum atomic E-state index is -0.571. The number of ether oxygens (including phenoxy) is 1. The fourth-order valence-electron chi connectivity index (χ4n) is 4.67. The summed E-state index contributed by atoms with van der Waals surface area (Å²) in [5.74, 6) is 2.05. The van der Waals surface area contributed by atoms with E-state index in [2.05, 4.69) is 16.9 Å². The van der Waals surface area contributed by atoms with E-state index in [1.165, 1.54) is 6.42 Å². The van der Waals surface area contributed by atoms with Crippen LogP contribution in [0.2, 0.25) is 0 Å². The van der Waals surface area contributed by atoms with Crippen molar-refractivity contribution < 1.29 is 9.53 Å². The van der Waals surface area contributed by atoms with E-state index in [9.17, 15) is 4.79 Å². The van der Waals surface area contributed by atoms with Gasteiger partial charge in [0.2, 0.25) is 5.91 Å². The standard InChI is InChI=1S/C29H34N4O2/c1-4-19-33(26-20-21(2)30-28(32-26)23-11-7-5-8-12-23)27(22-15-17-25(35-3)18-16-22)29(34)31-24-13-9-6-10-14-24/h4-5,7-8,11-12,15-18,20,24,27H,1,6,9-10,13-14,19H2,2-3H3,(H,31,34). The lowest BCUT2D eigenvalue weighted by Crippen LogP contribution is -2.45. The van der Waals surface area contributed by atoms with Crippen LogP contribution in [0.25, 0.3) is 11.4 Å². The number of amides is 1. The first kappa shape index (κ1) is 24.5. The van der Waals surface area contributed by atoms with Crippen LogP contribution in [0, 0.1) is 6.92 Å². The third-order valence-corrected chi connectivity index (χ3v) is 6.44. The Bertz CT molecular complexity index is 1130. The van der Waals surface area contributed by atoms with E-state index in [0.717, 1.165) is 48.3 Å². The lowest BCUT2D eigenvalue weighted by molar-refractivity contribution is -0.123. The van der Waals surface area contributed by atoms with Crippen LogP contribution in [-0.2, 0) is 4.79 Å². The smallest absolute Gasteiger partial charge is 0.247 e. The van der Waals surface area contributed by atoms with Crippen molar-refractivity contribution in [3.63, 3.8) is 0 Å². The number of aryl methyl sites for hydroxylation is 1. The third kappa shape index (κ3) is 6.07. The van der Waals surface area contributed by atoms with Gasteiger partial charge in [-0.1, -0.05) is 67.8 Å². The molecule has 6 heteroatoms. The van der Waals surface area contributed by atoms with Crippen molar-refractivity contribution in [3.8, 4) is 17.1 Å². The number of aromatic nitrogens is 2. The Hall–Kier alpha value is -3.67. The number of anilines is 1. The largest absolute Gasteiger partial charge is 0.497 e. The molecule has 0 bridgehead atoms. The summed E-state index contributed by atoms with van der Waals surface area (Å²) in [7, 11) is 1.64. The van der Waals surface area contributed by atoms with Gasteiger partial charge in [0.05, 0.1) is 7.11 Å². The molecule has 1 unspecified atom stereocenters. The molecule has 0 aliphatic heterocycles. The van der Waals surface area contributed by atoms with Crippen LogP contribution < -0.4 is 15.0 Å². The molecule has 1 aromatic heterocycles. The Morgan fingerprint density at radius 1 is 1.11 bits per heavy atom. The van der Waals surface area contributed by atoms with Gasteiger partial charge in [-0.25, -0.2) is 9.97 Å². The van der Waals surface area contributed by atoms with E-state index >= 15 is 0 Å². The summed E-state index contributed by atoms with van der Waals surface area (Å²) in [5, 5.41) is 3.33. The topological polar surface area (TPSA) is 67.4 Å². The van der Waals surface area contributed by atoms with E-state index < -0.39 is 6.04 Å². The zero-order valence-corrected chi connectivity index (χ0v) is 20.6. The molecule has 35 heavy (non-hydrogen) atoms. The maximum Gasteiger partial charge on any atom is 0.247 e. The SMILES string of the molecule is C=CCN(c1cc(C)nc(-c2ccccc2)n1)C(C(=O)NC1CCCCC1)c1ccc(OC)cc1. The monoisotopic (exact) mass is 470 g/mol. The second kappa shape index (κ2) is 11.6. The van der Waals surface area contributed by atoms with E-state index in [1.807, 2.05) is 78.6 Å². The summed E-state index contributed by atoms with van der Waals surface area (Å²) < 4.78 is 5.35. The molecule has 1 saturated carbocycles. The molecule has 1 atom stereocenters. The molecular formula is C29H34N4O2. The molecule has 0 spiro atoms. The number of hydrogen-bond donors (Lipinski definition) is 1. The maximum absolute atomic E-state index is 13.8. The number of nitrogens with one attached hydrogen (secondary N) is 1. The van der Waals surface area contributed by atoms with Gasteiger partial charge in [-0.2, -0.15) is 0 Å². The first-order valence-corrected chi connectivity index (χ1v) is 12.3. The van der Waals surface area contributed by atoms with Crippen molar-refractivity contribution in [2.75, 3.05) is 18.6 Å². The van der Waals surface area contributed by atoms with Crippen molar-refractivity contribution >= 4 is 11.7 Å². The molecule has 1 fully saturated rings. The van der Waals surface area contributed by atoms with Gasteiger partial charge in [0.25, 0.3) is 0 Å². The summed E-state index contributed by atoms with van der Waals surface area (Å²) >= 11 is 0. The van der Waals surface area contributed by atoms with Crippen molar-refractivity contribution in [3.05, 3.63) is 84.6 Å². The van der Waals surface area contributed by atoms with Gasteiger partial charge in [0.1, 0.15) is 17.6 Å². The maximum atomic E-state index is 13.8. The van der Waals surface area contributed by atoms with Crippen molar-refractivity contribution in [2.24, 2.45) is 0 Å². The molecule has 1 amide bonds. The van der Waals surface area contributed by atoms with Crippen LogP contribution in [0.5, 0.6) is 5.75 Å². The molecule has 0 radical (unpaired) electrons. The number of methoxy groups -OCH3 is 1.